The zero-order valence-electron chi connectivity index (χ0n) is 10.5. The van der Waals surface area contributed by atoms with Crippen molar-refractivity contribution in [3.05, 3.63) is 56.7 Å². The summed E-state index contributed by atoms with van der Waals surface area (Å²) in [6, 6.07) is 8.96. The summed E-state index contributed by atoms with van der Waals surface area (Å²) in [5.74, 6) is -0.268. The maximum absolute atomic E-state index is 13.0. The Morgan fingerprint density at radius 2 is 1.86 bits per heavy atom. The maximum atomic E-state index is 13.0. The molecule has 112 valence electrons. The number of nitrogens with one attached hydrogen (secondary N) is 1. The van der Waals surface area contributed by atoms with Crippen LogP contribution in [0.25, 0.3) is 0 Å². The van der Waals surface area contributed by atoms with Gasteiger partial charge in [0.2, 0.25) is 0 Å². The molecular weight excluding hydrogens is 415 g/mol. The number of rotatable bonds is 5. The van der Waals surface area contributed by atoms with E-state index in [1.807, 2.05) is 0 Å². The third-order valence-electron chi connectivity index (χ3n) is 2.64. The minimum absolute atomic E-state index is 0.0962. The Morgan fingerprint density at radius 1 is 1.10 bits per heavy atom. The molecule has 0 aliphatic carbocycles. The number of anilines is 1. The zero-order valence-corrected chi connectivity index (χ0v) is 13.7. The van der Waals surface area contributed by atoms with Crippen molar-refractivity contribution in [3.63, 3.8) is 0 Å². The van der Waals surface area contributed by atoms with Gasteiger partial charge in [0.15, 0.2) is 0 Å². The number of alkyl halides is 2. The molecule has 0 amide bonds. The van der Waals surface area contributed by atoms with E-state index in [1.165, 1.54) is 18.2 Å². The van der Waals surface area contributed by atoms with E-state index in [9.17, 15) is 13.2 Å². The highest BCUT2D eigenvalue weighted by Gasteiger charge is 2.11. The molecule has 7 heteroatoms. The normalized spacial score (nSPS) is 10.8. The number of benzene rings is 2. The molecule has 2 nitrogen and oxygen atoms in total. The average molecular weight is 425 g/mol. The summed E-state index contributed by atoms with van der Waals surface area (Å²) in [5, 5.41) is 3.04. The molecule has 0 saturated heterocycles. The van der Waals surface area contributed by atoms with Crippen molar-refractivity contribution in [1.29, 1.82) is 0 Å². The van der Waals surface area contributed by atoms with Gasteiger partial charge in [0.25, 0.3) is 0 Å². The Hall–Kier alpha value is -1.21. The number of hydrogen-bond donors (Lipinski definition) is 1. The second-order valence-corrected chi connectivity index (χ2v) is 5.88. The van der Waals surface area contributed by atoms with E-state index in [1.54, 1.807) is 18.2 Å². The molecule has 0 aromatic heterocycles. The van der Waals surface area contributed by atoms with Gasteiger partial charge in [-0.25, -0.2) is 4.39 Å². The maximum Gasteiger partial charge on any atom is 0.387 e. The summed E-state index contributed by atoms with van der Waals surface area (Å²) in [7, 11) is 0. The van der Waals surface area contributed by atoms with E-state index in [0.717, 1.165) is 4.47 Å². The van der Waals surface area contributed by atoms with Gasteiger partial charge in [-0.05, 0) is 52.3 Å². The van der Waals surface area contributed by atoms with E-state index in [-0.39, 0.29) is 18.1 Å². The molecule has 0 saturated carbocycles. The number of halogens is 5. The van der Waals surface area contributed by atoms with Gasteiger partial charge in [-0.15, -0.1) is 0 Å². The summed E-state index contributed by atoms with van der Waals surface area (Å²) in [6.45, 7) is -2.63. The zero-order chi connectivity index (χ0) is 15.4. The smallest absolute Gasteiger partial charge is 0.387 e. The number of hydrogen-bond acceptors (Lipinski definition) is 2. The van der Waals surface area contributed by atoms with Crippen LogP contribution in [0.3, 0.4) is 0 Å². The Bertz CT molecular complexity index is 638. The predicted molar refractivity (Wildman–Crippen MR) is 82.2 cm³/mol. The first kappa shape index (κ1) is 16.2. The molecule has 0 heterocycles. The highest BCUT2D eigenvalue weighted by atomic mass is 79.9. The Morgan fingerprint density at radius 3 is 2.52 bits per heavy atom. The van der Waals surface area contributed by atoms with E-state index in [2.05, 4.69) is 41.9 Å². The molecule has 2 rings (SSSR count). The van der Waals surface area contributed by atoms with Crippen LogP contribution in [0.15, 0.2) is 45.3 Å². The Labute approximate surface area is 136 Å². The van der Waals surface area contributed by atoms with Crippen molar-refractivity contribution >= 4 is 37.5 Å². The molecule has 21 heavy (non-hydrogen) atoms. The largest absolute Gasteiger partial charge is 0.434 e. The van der Waals surface area contributed by atoms with E-state index in [0.29, 0.717) is 15.7 Å². The molecule has 2 aromatic carbocycles. The predicted octanol–water partition coefficient (Wildman–Crippen LogP) is 5.56. The van der Waals surface area contributed by atoms with Crippen molar-refractivity contribution in [2.45, 2.75) is 13.2 Å². The summed E-state index contributed by atoms with van der Waals surface area (Å²) in [6.07, 6.45) is 0. The van der Waals surface area contributed by atoms with Crippen LogP contribution in [-0.2, 0) is 6.54 Å². The van der Waals surface area contributed by atoms with Gasteiger partial charge in [0.05, 0.1) is 0 Å². The minimum Gasteiger partial charge on any atom is -0.434 e. The SMILES string of the molecule is Fc1ccc(NCc2cc(Br)ccc2OC(F)F)c(Br)c1. The standard InChI is InChI=1S/C14H10Br2F3NO/c15-9-1-4-13(21-14(18)19)8(5-9)7-20-12-3-2-10(17)6-11(12)16/h1-6,14,20H,7H2. The summed E-state index contributed by atoms with van der Waals surface area (Å²) >= 11 is 6.51. The molecule has 0 bridgehead atoms. The van der Waals surface area contributed by atoms with E-state index >= 15 is 0 Å². The van der Waals surface area contributed by atoms with Gasteiger partial charge >= 0.3 is 6.61 Å². The molecule has 1 N–H and O–H groups in total. The summed E-state index contributed by atoms with van der Waals surface area (Å²) in [4.78, 5) is 0. The fraction of sp³-hybridized carbons (Fsp3) is 0.143. The van der Waals surface area contributed by atoms with Gasteiger partial charge in [0, 0.05) is 26.7 Å². The van der Waals surface area contributed by atoms with Crippen LogP contribution < -0.4 is 10.1 Å². The lowest BCUT2D eigenvalue weighted by atomic mass is 10.2. The van der Waals surface area contributed by atoms with E-state index < -0.39 is 6.61 Å². The topological polar surface area (TPSA) is 21.3 Å². The average Bonchev–Trinajstić information content (AvgIpc) is 2.40. The van der Waals surface area contributed by atoms with Crippen LogP contribution >= 0.6 is 31.9 Å². The van der Waals surface area contributed by atoms with Gasteiger partial charge in [-0.3, -0.25) is 0 Å². The quantitative estimate of drug-likeness (QED) is 0.677. The van der Waals surface area contributed by atoms with Gasteiger partial charge in [-0.2, -0.15) is 8.78 Å². The highest BCUT2D eigenvalue weighted by Crippen LogP contribution is 2.28. The van der Waals surface area contributed by atoms with Crippen LogP contribution in [0.4, 0.5) is 18.9 Å². The fourth-order valence-corrected chi connectivity index (χ4v) is 2.62. The second kappa shape index (κ2) is 7.17. The van der Waals surface area contributed by atoms with Crippen LogP contribution in [0.1, 0.15) is 5.56 Å². The third kappa shape index (κ3) is 4.64. The Balaban J connectivity index is 2.16. The third-order valence-corrected chi connectivity index (χ3v) is 3.79. The van der Waals surface area contributed by atoms with Gasteiger partial charge in [0.1, 0.15) is 11.6 Å². The lowest BCUT2D eigenvalue weighted by Gasteiger charge is -2.13. The van der Waals surface area contributed by atoms with Crippen LogP contribution in [0, 0.1) is 5.82 Å². The lowest BCUT2D eigenvalue weighted by molar-refractivity contribution is -0.0504. The monoisotopic (exact) mass is 423 g/mol. The fourth-order valence-electron chi connectivity index (χ4n) is 1.72. The van der Waals surface area contributed by atoms with Crippen molar-refractivity contribution < 1.29 is 17.9 Å². The van der Waals surface area contributed by atoms with Crippen molar-refractivity contribution in [3.8, 4) is 5.75 Å². The first-order valence-corrected chi connectivity index (χ1v) is 7.46. The van der Waals surface area contributed by atoms with Crippen LogP contribution in [0.2, 0.25) is 0 Å². The van der Waals surface area contributed by atoms with Crippen molar-refractivity contribution in [1.82, 2.24) is 0 Å². The van der Waals surface area contributed by atoms with Crippen LogP contribution in [0.5, 0.6) is 5.75 Å². The molecule has 0 spiro atoms. The first-order valence-electron chi connectivity index (χ1n) is 5.88. The van der Waals surface area contributed by atoms with Crippen molar-refractivity contribution in [2.24, 2.45) is 0 Å². The van der Waals surface area contributed by atoms with Gasteiger partial charge in [-0.1, -0.05) is 15.9 Å². The molecule has 0 aliphatic rings. The van der Waals surface area contributed by atoms with Crippen LogP contribution in [-0.4, -0.2) is 6.61 Å². The Kier molecular flexibility index (Phi) is 5.52. The molecule has 0 fully saturated rings. The van der Waals surface area contributed by atoms with Crippen molar-refractivity contribution in [2.75, 3.05) is 5.32 Å². The molecule has 0 radical (unpaired) electrons. The number of ether oxygens (including phenoxy) is 1. The first-order chi connectivity index (χ1) is 9.95. The molecule has 2 aromatic rings. The summed E-state index contributed by atoms with van der Waals surface area (Å²) in [5.41, 5.74) is 1.21. The molecule has 0 atom stereocenters. The lowest BCUT2D eigenvalue weighted by Crippen LogP contribution is -2.07. The summed E-state index contributed by atoms with van der Waals surface area (Å²) < 4.78 is 43.5. The molecule has 0 aliphatic heterocycles. The molecular formula is C14H10Br2F3NO. The highest BCUT2D eigenvalue weighted by molar-refractivity contribution is 9.10. The molecule has 0 unspecified atom stereocenters. The second-order valence-electron chi connectivity index (χ2n) is 4.11. The minimum atomic E-state index is -2.89. The van der Waals surface area contributed by atoms with Gasteiger partial charge < -0.3 is 10.1 Å². The van der Waals surface area contributed by atoms with E-state index in [4.69, 9.17) is 0 Å².